The van der Waals surface area contributed by atoms with Gasteiger partial charge in [-0.2, -0.15) is 5.10 Å². The number of amides is 1. The van der Waals surface area contributed by atoms with Gasteiger partial charge in [-0.25, -0.2) is 0 Å². The van der Waals surface area contributed by atoms with Gasteiger partial charge in [0.2, 0.25) is 0 Å². The van der Waals surface area contributed by atoms with Crippen LogP contribution in [0, 0.1) is 0 Å². The zero-order valence-electron chi connectivity index (χ0n) is 17.1. The van der Waals surface area contributed by atoms with Gasteiger partial charge in [-0.15, -0.1) is 0 Å². The highest BCUT2D eigenvalue weighted by Gasteiger charge is 2.28. The summed E-state index contributed by atoms with van der Waals surface area (Å²) in [6.07, 6.45) is 4.75. The largest absolute Gasteiger partial charge is 0.497 e. The van der Waals surface area contributed by atoms with Gasteiger partial charge < -0.3 is 14.6 Å². The summed E-state index contributed by atoms with van der Waals surface area (Å²) in [5.74, 6) is 1.09. The number of hydrogen-bond acceptors (Lipinski definition) is 5. The van der Waals surface area contributed by atoms with Gasteiger partial charge in [-0.05, 0) is 54.3 Å². The minimum atomic E-state index is -0.337. The van der Waals surface area contributed by atoms with Crippen LogP contribution in [-0.4, -0.2) is 28.0 Å². The Morgan fingerprint density at radius 3 is 2.91 bits per heavy atom. The Morgan fingerprint density at radius 1 is 1.22 bits per heavy atom. The van der Waals surface area contributed by atoms with E-state index in [1.165, 1.54) is 0 Å². The highest BCUT2D eigenvalue weighted by atomic mass is 35.5. The maximum Gasteiger partial charge on any atom is 0.278 e. The molecule has 162 valence electrons. The maximum atomic E-state index is 12.9. The van der Waals surface area contributed by atoms with E-state index in [9.17, 15) is 4.79 Å². The molecule has 0 atom stereocenters. The van der Waals surface area contributed by atoms with Crippen LogP contribution in [0.15, 0.2) is 53.3 Å². The first-order valence-corrected chi connectivity index (χ1v) is 10.7. The smallest absolute Gasteiger partial charge is 0.278 e. The normalized spacial score (nSPS) is 12.2. The molecule has 0 bridgehead atoms. The molecule has 1 aliphatic rings. The number of ether oxygens (including phenoxy) is 1. The van der Waals surface area contributed by atoms with E-state index < -0.39 is 0 Å². The maximum absolute atomic E-state index is 12.9. The van der Waals surface area contributed by atoms with Crippen LogP contribution in [-0.2, 0) is 19.4 Å². The highest BCUT2D eigenvalue weighted by molar-refractivity contribution is 6.35. The number of nitrogens with zero attached hydrogens (tertiary/aromatic N) is 3. The quantitative estimate of drug-likeness (QED) is 0.432. The lowest BCUT2D eigenvalue weighted by atomic mass is 9.89. The number of halogens is 2. The van der Waals surface area contributed by atoms with Crippen LogP contribution in [0.2, 0.25) is 10.0 Å². The number of nitrogens with one attached hydrogen (secondary N) is 1. The summed E-state index contributed by atoms with van der Waals surface area (Å²) < 4.78 is 12.5. The lowest BCUT2D eigenvalue weighted by Crippen LogP contribution is -2.15. The SMILES string of the molecule is COc1ccc2c(c1)CCc1c(C(=O)Nc3cnn(Cc4ccc(Cl)cc4Cl)c3)noc1-2. The Balaban J connectivity index is 1.33. The van der Waals surface area contributed by atoms with Crippen molar-refractivity contribution < 1.29 is 14.1 Å². The third kappa shape index (κ3) is 3.85. The van der Waals surface area contributed by atoms with Gasteiger partial charge in [0.15, 0.2) is 11.5 Å². The van der Waals surface area contributed by atoms with Crippen molar-refractivity contribution in [3.8, 4) is 17.1 Å². The van der Waals surface area contributed by atoms with E-state index in [0.717, 1.165) is 34.4 Å². The number of carbonyl (C=O) groups is 1. The molecule has 0 unspecified atom stereocenters. The number of methoxy groups -OCH3 is 1. The molecule has 2 aromatic heterocycles. The standard InChI is InChI=1S/C23H18Cl2N4O3/c1-31-17-5-7-18-13(8-17)3-6-19-21(28-32-22(18)19)23(30)27-16-10-26-29(12-16)11-14-2-4-15(24)9-20(14)25/h2,4-5,7-10,12H,3,6,11H2,1H3,(H,27,30). The summed E-state index contributed by atoms with van der Waals surface area (Å²) in [6, 6.07) is 11.1. The predicted molar refractivity (Wildman–Crippen MR) is 122 cm³/mol. The number of rotatable bonds is 5. The van der Waals surface area contributed by atoms with Gasteiger partial charge in [-0.3, -0.25) is 9.48 Å². The molecule has 1 amide bonds. The fraction of sp³-hybridized carbons (Fsp3) is 0.174. The molecular formula is C23H18Cl2N4O3. The number of aromatic nitrogens is 3. The molecule has 4 aromatic rings. The lowest BCUT2D eigenvalue weighted by Gasteiger charge is -2.15. The van der Waals surface area contributed by atoms with Crippen LogP contribution in [0.1, 0.15) is 27.2 Å². The van der Waals surface area contributed by atoms with Crippen LogP contribution < -0.4 is 10.1 Å². The summed E-state index contributed by atoms with van der Waals surface area (Å²) in [5.41, 5.74) is 4.57. The molecule has 0 aliphatic heterocycles. The second-order valence-corrected chi connectivity index (χ2v) is 8.32. The van der Waals surface area contributed by atoms with E-state index in [1.807, 2.05) is 24.3 Å². The zero-order chi connectivity index (χ0) is 22.2. The van der Waals surface area contributed by atoms with Crippen LogP contribution in [0.4, 0.5) is 5.69 Å². The average Bonchev–Trinajstić information content (AvgIpc) is 3.42. The summed E-state index contributed by atoms with van der Waals surface area (Å²) in [4.78, 5) is 12.9. The Hall–Kier alpha value is -3.29. The molecule has 9 heteroatoms. The molecule has 0 saturated heterocycles. The summed E-state index contributed by atoms with van der Waals surface area (Å²) >= 11 is 12.2. The molecule has 0 fully saturated rings. The van der Waals surface area contributed by atoms with Crippen LogP contribution in [0.3, 0.4) is 0 Å². The summed E-state index contributed by atoms with van der Waals surface area (Å²) in [6.45, 7) is 0.450. The Morgan fingerprint density at radius 2 is 2.09 bits per heavy atom. The van der Waals surface area contributed by atoms with Gasteiger partial charge in [-0.1, -0.05) is 34.4 Å². The van der Waals surface area contributed by atoms with Crippen molar-refractivity contribution in [3.63, 3.8) is 0 Å². The molecule has 2 heterocycles. The Kier molecular flexibility index (Phi) is 5.36. The molecule has 0 radical (unpaired) electrons. The average molecular weight is 469 g/mol. The Bertz CT molecular complexity index is 1330. The topological polar surface area (TPSA) is 82.2 Å². The third-order valence-corrected chi connectivity index (χ3v) is 6.03. The van der Waals surface area contributed by atoms with Gasteiger partial charge >= 0.3 is 0 Å². The van der Waals surface area contributed by atoms with E-state index in [0.29, 0.717) is 34.5 Å². The minimum Gasteiger partial charge on any atom is -0.497 e. The molecule has 1 N–H and O–H groups in total. The van der Waals surface area contributed by atoms with Crippen molar-refractivity contribution in [1.82, 2.24) is 14.9 Å². The number of anilines is 1. The predicted octanol–water partition coefficient (Wildman–Crippen LogP) is 5.25. The second kappa shape index (κ2) is 8.33. The van der Waals surface area contributed by atoms with E-state index in [2.05, 4.69) is 15.6 Å². The van der Waals surface area contributed by atoms with Gasteiger partial charge in [0.25, 0.3) is 5.91 Å². The highest BCUT2D eigenvalue weighted by Crippen LogP contribution is 2.37. The Labute approximate surface area is 193 Å². The van der Waals surface area contributed by atoms with E-state index in [4.69, 9.17) is 32.5 Å². The molecule has 2 aromatic carbocycles. The monoisotopic (exact) mass is 468 g/mol. The van der Waals surface area contributed by atoms with E-state index in [-0.39, 0.29) is 11.6 Å². The van der Waals surface area contributed by atoms with Crippen molar-refractivity contribution in [2.45, 2.75) is 19.4 Å². The number of aryl methyl sites for hydroxylation is 1. The lowest BCUT2D eigenvalue weighted by molar-refractivity contribution is 0.101. The van der Waals surface area contributed by atoms with Crippen molar-refractivity contribution in [1.29, 1.82) is 0 Å². The van der Waals surface area contributed by atoms with E-state index >= 15 is 0 Å². The molecule has 32 heavy (non-hydrogen) atoms. The fourth-order valence-electron chi connectivity index (χ4n) is 3.85. The van der Waals surface area contributed by atoms with Crippen LogP contribution in [0.25, 0.3) is 11.3 Å². The van der Waals surface area contributed by atoms with Crippen molar-refractivity contribution in [3.05, 3.63) is 81.2 Å². The number of fused-ring (bicyclic) bond motifs is 3. The number of hydrogen-bond donors (Lipinski definition) is 1. The molecule has 7 nitrogen and oxygen atoms in total. The summed E-state index contributed by atoms with van der Waals surface area (Å²) in [5, 5.41) is 12.3. The number of benzene rings is 2. The fourth-order valence-corrected chi connectivity index (χ4v) is 4.31. The van der Waals surface area contributed by atoms with Gasteiger partial charge in [0.1, 0.15) is 5.75 Å². The molecule has 0 saturated carbocycles. The first-order valence-electron chi connectivity index (χ1n) is 9.95. The first-order chi connectivity index (χ1) is 15.5. The first kappa shape index (κ1) is 20.6. The molecular weight excluding hydrogens is 451 g/mol. The minimum absolute atomic E-state index is 0.287. The summed E-state index contributed by atoms with van der Waals surface area (Å²) in [7, 11) is 1.64. The number of carbonyl (C=O) groups excluding carboxylic acids is 1. The molecule has 0 spiro atoms. The molecule has 5 rings (SSSR count). The third-order valence-electron chi connectivity index (χ3n) is 5.44. The van der Waals surface area contributed by atoms with Crippen LogP contribution >= 0.6 is 23.2 Å². The van der Waals surface area contributed by atoms with Crippen molar-refractivity contribution in [2.24, 2.45) is 0 Å². The van der Waals surface area contributed by atoms with Crippen molar-refractivity contribution in [2.75, 3.05) is 12.4 Å². The van der Waals surface area contributed by atoms with Gasteiger partial charge in [0.05, 0.1) is 25.5 Å². The zero-order valence-corrected chi connectivity index (χ0v) is 18.6. The van der Waals surface area contributed by atoms with Crippen LogP contribution in [0.5, 0.6) is 5.75 Å². The second-order valence-electron chi connectivity index (χ2n) is 7.48. The van der Waals surface area contributed by atoms with E-state index in [1.54, 1.807) is 36.3 Å². The molecule has 1 aliphatic carbocycles. The van der Waals surface area contributed by atoms with Crippen molar-refractivity contribution >= 4 is 34.8 Å². The van der Waals surface area contributed by atoms with Gasteiger partial charge in [0, 0.05) is 27.4 Å².